The Morgan fingerprint density at radius 3 is 2.74 bits per heavy atom. The predicted octanol–water partition coefficient (Wildman–Crippen LogP) is 2.10. The summed E-state index contributed by atoms with van der Waals surface area (Å²) in [5.41, 5.74) is -0.540. The second kappa shape index (κ2) is 4.47. The van der Waals surface area contributed by atoms with Crippen molar-refractivity contribution < 1.29 is 28.5 Å². The highest BCUT2D eigenvalue weighted by molar-refractivity contribution is 6.11. The maximum absolute atomic E-state index is 13.0. The van der Waals surface area contributed by atoms with Crippen molar-refractivity contribution in [2.24, 2.45) is 5.92 Å². The van der Waals surface area contributed by atoms with Crippen molar-refractivity contribution in [3.8, 4) is 11.5 Å². The zero-order valence-electron chi connectivity index (χ0n) is 13.3. The highest BCUT2D eigenvalue weighted by Gasteiger charge is 2.84. The van der Waals surface area contributed by atoms with Crippen molar-refractivity contribution in [1.29, 1.82) is 0 Å². The van der Waals surface area contributed by atoms with Gasteiger partial charge in [0.2, 0.25) is 5.78 Å². The Morgan fingerprint density at radius 1 is 1.35 bits per heavy atom. The van der Waals surface area contributed by atoms with Crippen LogP contribution in [0.1, 0.15) is 37.0 Å². The normalized spacial score (nSPS) is 37.5. The molecule has 0 amide bonds. The third kappa shape index (κ3) is 1.62. The maximum atomic E-state index is 13.0. The van der Waals surface area contributed by atoms with Crippen molar-refractivity contribution >= 4 is 11.8 Å². The van der Waals surface area contributed by atoms with E-state index in [2.05, 4.69) is 0 Å². The Balaban J connectivity index is 1.75. The summed E-state index contributed by atoms with van der Waals surface area (Å²) in [6, 6.07) is 5.20. The molecule has 2 fully saturated rings. The summed E-state index contributed by atoms with van der Waals surface area (Å²) >= 11 is 0. The zero-order valence-corrected chi connectivity index (χ0v) is 13.3. The molecule has 0 aliphatic carbocycles. The van der Waals surface area contributed by atoms with Gasteiger partial charge in [-0.25, -0.2) is 0 Å². The van der Waals surface area contributed by atoms with Crippen LogP contribution in [0.2, 0.25) is 0 Å². The van der Waals surface area contributed by atoms with Gasteiger partial charge in [0.15, 0.2) is 5.60 Å². The molecule has 0 saturated carbocycles. The number of hydrogen-bond acceptors (Lipinski definition) is 6. The number of ether oxygens (including phenoxy) is 4. The van der Waals surface area contributed by atoms with Gasteiger partial charge in [0, 0.05) is 5.92 Å². The Hall–Kier alpha value is -2.08. The SMILES string of the molecule is CC[C@@]1([C@@H]2OC(=O)C[C@H]2C)O[C@]12Oc1cccc(OC)c1C2=O. The van der Waals surface area contributed by atoms with Crippen LogP contribution in [0.25, 0.3) is 0 Å². The molecule has 1 aromatic carbocycles. The molecule has 4 atom stereocenters. The lowest BCUT2D eigenvalue weighted by Gasteiger charge is -2.22. The topological polar surface area (TPSA) is 74.4 Å². The number of carbonyl (C=O) groups excluding carboxylic acids is 2. The van der Waals surface area contributed by atoms with Crippen LogP contribution in [-0.4, -0.2) is 36.4 Å². The minimum Gasteiger partial charge on any atom is -0.496 e. The van der Waals surface area contributed by atoms with E-state index in [1.807, 2.05) is 13.8 Å². The quantitative estimate of drug-likeness (QED) is 0.627. The van der Waals surface area contributed by atoms with Crippen LogP contribution < -0.4 is 9.47 Å². The van der Waals surface area contributed by atoms with Crippen LogP contribution in [0.15, 0.2) is 18.2 Å². The molecule has 6 nitrogen and oxygen atoms in total. The average molecular weight is 318 g/mol. The molecule has 0 unspecified atom stereocenters. The molecule has 3 heterocycles. The molecule has 3 aliphatic heterocycles. The van der Waals surface area contributed by atoms with E-state index in [9.17, 15) is 9.59 Å². The van der Waals surface area contributed by atoms with Crippen molar-refractivity contribution in [1.82, 2.24) is 0 Å². The lowest BCUT2D eigenvalue weighted by atomic mass is 9.83. The number of hydrogen-bond donors (Lipinski definition) is 0. The van der Waals surface area contributed by atoms with Gasteiger partial charge < -0.3 is 18.9 Å². The van der Waals surface area contributed by atoms with E-state index in [1.165, 1.54) is 7.11 Å². The molecule has 122 valence electrons. The van der Waals surface area contributed by atoms with E-state index in [-0.39, 0.29) is 17.7 Å². The molecule has 4 rings (SSSR count). The lowest BCUT2D eigenvalue weighted by molar-refractivity contribution is -0.144. The number of cyclic esters (lactones) is 1. The van der Waals surface area contributed by atoms with E-state index < -0.39 is 17.5 Å². The van der Waals surface area contributed by atoms with Crippen LogP contribution in [0, 0.1) is 5.92 Å². The number of rotatable bonds is 3. The standard InChI is InChI=1S/C17H18O6/c1-4-16(15-9(2)8-12(18)21-15)17(23-16)14(19)13-10(20-3)6-5-7-11(13)22-17/h5-7,9,15H,4,8H2,1-3H3/t9-,15-,16+,17+/m1/s1. The van der Waals surface area contributed by atoms with Crippen LogP contribution in [0.3, 0.4) is 0 Å². The Labute approximate surface area is 133 Å². The van der Waals surface area contributed by atoms with Gasteiger partial charge in [-0.15, -0.1) is 0 Å². The smallest absolute Gasteiger partial charge is 0.309 e. The van der Waals surface area contributed by atoms with Gasteiger partial charge in [0.05, 0.1) is 13.5 Å². The van der Waals surface area contributed by atoms with Gasteiger partial charge in [0.25, 0.3) is 0 Å². The van der Waals surface area contributed by atoms with E-state index in [0.717, 1.165) is 0 Å². The second-order valence-electron chi connectivity index (χ2n) is 6.32. The Morgan fingerprint density at radius 2 is 2.13 bits per heavy atom. The second-order valence-corrected chi connectivity index (χ2v) is 6.32. The molecular formula is C17H18O6. The first-order valence-electron chi connectivity index (χ1n) is 7.79. The van der Waals surface area contributed by atoms with Gasteiger partial charge in [0.1, 0.15) is 23.2 Å². The first kappa shape index (κ1) is 14.5. The summed E-state index contributed by atoms with van der Waals surface area (Å²) in [6.07, 6.45) is 0.359. The number of fused-ring (bicyclic) bond motifs is 1. The molecule has 23 heavy (non-hydrogen) atoms. The molecule has 0 radical (unpaired) electrons. The predicted molar refractivity (Wildman–Crippen MR) is 78.5 cm³/mol. The summed E-state index contributed by atoms with van der Waals surface area (Å²) in [6.45, 7) is 3.83. The first-order valence-corrected chi connectivity index (χ1v) is 7.79. The van der Waals surface area contributed by atoms with E-state index >= 15 is 0 Å². The van der Waals surface area contributed by atoms with Crippen molar-refractivity contribution in [3.63, 3.8) is 0 Å². The highest BCUT2D eigenvalue weighted by atomic mass is 16.8. The molecule has 0 N–H and O–H groups in total. The van der Waals surface area contributed by atoms with Crippen molar-refractivity contribution in [2.75, 3.05) is 7.11 Å². The fraction of sp³-hybridized carbons (Fsp3) is 0.529. The summed E-state index contributed by atoms with van der Waals surface area (Å²) in [5.74, 6) is -1.04. The lowest BCUT2D eigenvalue weighted by Crippen LogP contribution is -2.44. The molecule has 1 spiro atoms. The number of epoxide rings is 1. The Kier molecular flexibility index (Phi) is 2.82. The molecule has 1 aromatic rings. The van der Waals surface area contributed by atoms with Crippen LogP contribution in [0.4, 0.5) is 0 Å². The fourth-order valence-corrected chi connectivity index (χ4v) is 3.91. The van der Waals surface area contributed by atoms with Gasteiger partial charge in [-0.2, -0.15) is 0 Å². The molecule has 0 aromatic heterocycles. The minimum absolute atomic E-state index is 0.0242. The van der Waals surface area contributed by atoms with Crippen LogP contribution in [0.5, 0.6) is 11.5 Å². The number of benzene rings is 1. The number of esters is 1. The number of methoxy groups -OCH3 is 1. The summed E-state index contributed by atoms with van der Waals surface area (Å²) < 4.78 is 22.5. The number of ketones is 1. The highest BCUT2D eigenvalue weighted by Crippen LogP contribution is 2.62. The van der Waals surface area contributed by atoms with Gasteiger partial charge in [-0.1, -0.05) is 19.9 Å². The summed E-state index contributed by atoms with van der Waals surface area (Å²) in [7, 11) is 1.51. The van der Waals surface area contributed by atoms with Crippen molar-refractivity contribution in [2.45, 2.75) is 44.2 Å². The van der Waals surface area contributed by atoms with Crippen LogP contribution >= 0.6 is 0 Å². The van der Waals surface area contributed by atoms with E-state index in [0.29, 0.717) is 29.9 Å². The fourth-order valence-electron chi connectivity index (χ4n) is 3.91. The van der Waals surface area contributed by atoms with E-state index in [1.54, 1.807) is 18.2 Å². The van der Waals surface area contributed by atoms with Gasteiger partial charge in [-0.05, 0) is 18.6 Å². The summed E-state index contributed by atoms with van der Waals surface area (Å²) in [5, 5.41) is 0. The third-order valence-electron chi connectivity index (χ3n) is 5.08. The molecule has 3 aliphatic rings. The first-order chi connectivity index (χ1) is 11.0. The largest absolute Gasteiger partial charge is 0.496 e. The van der Waals surface area contributed by atoms with Gasteiger partial charge in [-0.3, -0.25) is 9.59 Å². The molecule has 2 saturated heterocycles. The number of carbonyl (C=O) groups is 2. The average Bonchev–Trinajstić information content (AvgIpc) is 2.93. The van der Waals surface area contributed by atoms with Crippen LogP contribution in [-0.2, 0) is 14.3 Å². The molecule has 6 heteroatoms. The molecular weight excluding hydrogens is 300 g/mol. The summed E-state index contributed by atoms with van der Waals surface area (Å²) in [4.78, 5) is 24.6. The third-order valence-corrected chi connectivity index (χ3v) is 5.08. The minimum atomic E-state index is -1.40. The number of Topliss-reactive ketones (excluding diaryl/α,β-unsaturated/α-hetero) is 1. The molecule has 0 bridgehead atoms. The van der Waals surface area contributed by atoms with Gasteiger partial charge >= 0.3 is 11.8 Å². The monoisotopic (exact) mass is 318 g/mol. The Bertz CT molecular complexity index is 713. The van der Waals surface area contributed by atoms with E-state index in [4.69, 9.17) is 18.9 Å². The van der Waals surface area contributed by atoms with Crippen molar-refractivity contribution in [3.05, 3.63) is 23.8 Å². The maximum Gasteiger partial charge on any atom is 0.309 e. The zero-order chi connectivity index (χ0) is 16.4.